The van der Waals surface area contributed by atoms with Gasteiger partial charge in [0.1, 0.15) is 9.88 Å². The summed E-state index contributed by atoms with van der Waals surface area (Å²) in [6.07, 6.45) is 0. The number of aryl methyl sites for hydroxylation is 1. The van der Waals surface area contributed by atoms with E-state index < -0.39 is 17.8 Å². The highest BCUT2D eigenvalue weighted by Gasteiger charge is 2.21. The minimum atomic E-state index is -0.636. The number of carbonyl (C=O) groups is 3. The highest BCUT2D eigenvalue weighted by Crippen LogP contribution is 2.29. The number of hydrogen-bond acceptors (Lipinski definition) is 7. The Morgan fingerprint density at radius 3 is 2.31 bits per heavy atom. The smallest absolute Gasteiger partial charge is 0.339 e. The van der Waals surface area contributed by atoms with Crippen molar-refractivity contribution in [2.24, 2.45) is 0 Å². The van der Waals surface area contributed by atoms with Crippen LogP contribution in [-0.2, 0) is 9.47 Å². The van der Waals surface area contributed by atoms with Crippen molar-refractivity contribution in [2.45, 2.75) is 6.92 Å². The molecule has 0 fully saturated rings. The molecule has 8 heteroatoms. The fraction of sp³-hybridized carbons (Fsp3) is 0.143. The van der Waals surface area contributed by atoms with Gasteiger partial charge in [0.15, 0.2) is 0 Å². The standard InChI is InChI=1S/C21H18N2O5S/c1-12-17(29-19(22-12)13-7-5-4-6-8-13)18(24)23-16-11-14(20(25)27-2)9-10-15(16)21(26)28-3/h4-11H,1-3H3,(H,23,24). The summed E-state index contributed by atoms with van der Waals surface area (Å²) >= 11 is 1.24. The SMILES string of the molecule is COC(=O)c1ccc(C(=O)OC)c(NC(=O)c2sc(-c3ccccc3)nc2C)c1. The number of anilines is 1. The molecule has 1 heterocycles. The molecule has 3 rings (SSSR count). The van der Waals surface area contributed by atoms with Crippen molar-refractivity contribution in [3.05, 3.63) is 70.2 Å². The van der Waals surface area contributed by atoms with Crippen LogP contribution in [0.4, 0.5) is 5.69 Å². The van der Waals surface area contributed by atoms with Gasteiger partial charge in [-0.25, -0.2) is 14.6 Å². The average Bonchev–Trinajstić information content (AvgIpc) is 3.15. The molecular formula is C21H18N2O5S. The van der Waals surface area contributed by atoms with E-state index in [1.54, 1.807) is 6.92 Å². The molecule has 0 aliphatic carbocycles. The molecule has 0 saturated heterocycles. The first-order valence-electron chi connectivity index (χ1n) is 8.59. The van der Waals surface area contributed by atoms with Crippen LogP contribution in [0.2, 0.25) is 0 Å². The van der Waals surface area contributed by atoms with Crippen molar-refractivity contribution in [3.63, 3.8) is 0 Å². The Morgan fingerprint density at radius 2 is 1.66 bits per heavy atom. The van der Waals surface area contributed by atoms with Gasteiger partial charge < -0.3 is 14.8 Å². The molecule has 1 aromatic heterocycles. The molecule has 0 aliphatic heterocycles. The first-order chi connectivity index (χ1) is 13.9. The van der Waals surface area contributed by atoms with Gasteiger partial charge in [0, 0.05) is 5.56 Å². The van der Waals surface area contributed by atoms with Crippen molar-refractivity contribution in [1.29, 1.82) is 0 Å². The van der Waals surface area contributed by atoms with E-state index in [-0.39, 0.29) is 16.8 Å². The van der Waals surface area contributed by atoms with Crippen LogP contribution in [0.15, 0.2) is 48.5 Å². The number of hydrogen-bond donors (Lipinski definition) is 1. The Labute approximate surface area is 171 Å². The third-order valence-electron chi connectivity index (χ3n) is 4.12. The third-order valence-corrected chi connectivity index (χ3v) is 5.32. The number of rotatable bonds is 5. The van der Waals surface area contributed by atoms with Gasteiger partial charge in [0.2, 0.25) is 0 Å². The van der Waals surface area contributed by atoms with E-state index in [1.807, 2.05) is 30.3 Å². The summed E-state index contributed by atoms with van der Waals surface area (Å²) in [5.41, 5.74) is 1.94. The van der Waals surface area contributed by atoms with E-state index in [2.05, 4.69) is 10.3 Å². The van der Waals surface area contributed by atoms with E-state index >= 15 is 0 Å². The maximum Gasteiger partial charge on any atom is 0.339 e. The topological polar surface area (TPSA) is 94.6 Å². The van der Waals surface area contributed by atoms with Gasteiger partial charge in [-0.05, 0) is 25.1 Å². The zero-order chi connectivity index (χ0) is 21.0. The second-order valence-corrected chi connectivity index (χ2v) is 7.00. The number of benzene rings is 2. The molecule has 0 bridgehead atoms. The molecule has 1 amide bonds. The maximum absolute atomic E-state index is 12.9. The molecule has 0 atom stereocenters. The normalized spacial score (nSPS) is 10.3. The summed E-state index contributed by atoms with van der Waals surface area (Å²) in [5, 5.41) is 3.40. The molecule has 7 nitrogen and oxygen atoms in total. The van der Waals surface area contributed by atoms with Gasteiger partial charge in [-0.1, -0.05) is 30.3 Å². The molecule has 1 N–H and O–H groups in total. The minimum Gasteiger partial charge on any atom is -0.465 e. The average molecular weight is 410 g/mol. The molecule has 148 valence electrons. The fourth-order valence-corrected chi connectivity index (χ4v) is 3.64. The third kappa shape index (κ3) is 4.33. The molecule has 0 spiro atoms. The maximum atomic E-state index is 12.9. The Kier molecular flexibility index (Phi) is 6.04. The summed E-state index contributed by atoms with van der Waals surface area (Å²) in [5.74, 6) is -1.66. The van der Waals surface area contributed by atoms with Crippen molar-refractivity contribution < 1.29 is 23.9 Å². The lowest BCUT2D eigenvalue weighted by Crippen LogP contribution is -2.16. The number of nitrogens with one attached hydrogen (secondary N) is 1. The highest BCUT2D eigenvalue weighted by molar-refractivity contribution is 7.17. The summed E-state index contributed by atoms with van der Waals surface area (Å²) in [6.45, 7) is 1.74. The number of amides is 1. The number of ether oxygens (including phenoxy) is 2. The van der Waals surface area contributed by atoms with Gasteiger partial charge in [-0.15, -0.1) is 11.3 Å². The molecule has 2 aromatic carbocycles. The van der Waals surface area contributed by atoms with E-state index in [0.29, 0.717) is 15.6 Å². The van der Waals surface area contributed by atoms with Crippen LogP contribution in [-0.4, -0.2) is 37.0 Å². The zero-order valence-electron chi connectivity index (χ0n) is 16.0. The molecular weight excluding hydrogens is 392 g/mol. The Balaban J connectivity index is 1.95. The highest BCUT2D eigenvalue weighted by atomic mass is 32.1. The zero-order valence-corrected chi connectivity index (χ0v) is 16.8. The molecule has 0 saturated carbocycles. The number of nitrogens with zero attached hydrogens (tertiary/aromatic N) is 1. The summed E-state index contributed by atoms with van der Waals surface area (Å²) in [4.78, 5) is 41.6. The fourth-order valence-electron chi connectivity index (χ4n) is 2.67. The second-order valence-electron chi connectivity index (χ2n) is 6.00. The summed E-state index contributed by atoms with van der Waals surface area (Å²) in [6, 6.07) is 13.7. The van der Waals surface area contributed by atoms with Gasteiger partial charge in [0.05, 0.1) is 36.7 Å². The van der Waals surface area contributed by atoms with Crippen molar-refractivity contribution >= 4 is 34.9 Å². The van der Waals surface area contributed by atoms with Crippen molar-refractivity contribution in [2.75, 3.05) is 19.5 Å². The number of esters is 2. The monoisotopic (exact) mass is 410 g/mol. The largest absolute Gasteiger partial charge is 0.465 e. The second kappa shape index (κ2) is 8.66. The van der Waals surface area contributed by atoms with Gasteiger partial charge in [0.25, 0.3) is 5.91 Å². The quantitative estimate of drug-likeness (QED) is 0.640. The van der Waals surface area contributed by atoms with E-state index in [1.165, 1.54) is 43.8 Å². The van der Waals surface area contributed by atoms with Crippen LogP contribution < -0.4 is 5.32 Å². The van der Waals surface area contributed by atoms with Crippen molar-refractivity contribution in [1.82, 2.24) is 4.98 Å². The Bertz CT molecular complexity index is 1080. The van der Waals surface area contributed by atoms with Gasteiger partial charge in [-0.2, -0.15) is 0 Å². The molecule has 3 aromatic rings. The van der Waals surface area contributed by atoms with Crippen LogP contribution in [0.1, 0.15) is 36.1 Å². The van der Waals surface area contributed by atoms with Crippen LogP contribution in [0, 0.1) is 6.92 Å². The number of methoxy groups -OCH3 is 2. The van der Waals surface area contributed by atoms with Crippen molar-refractivity contribution in [3.8, 4) is 10.6 Å². The van der Waals surface area contributed by atoms with E-state index in [4.69, 9.17) is 9.47 Å². The lowest BCUT2D eigenvalue weighted by atomic mass is 10.1. The molecule has 0 unspecified atom stereocenters. The summed E-state index contributed by atoms with van der Waals surface area (Å²) in [7, 11) is 2.49. The number of thiazole rings is 1. The summed E-state index contributed by atoms with van der Waals surface area (Å²) < 4.78 is 9.46. The van der Waals surface area contributed by atoms with E-state index in [0.717, 1.165) is 5.56 Å². The van der Waals surface area contributed by atoms with Crippen LogP contribution >= 0.6 is 11.3 Å². The van der Waals surface area contributed by atoms with Crippen LogP contribution in [0.25, 0.3) is 10.6 Å². The number of carbonyl (C=O) groups excluding carboxylic acids is 3. The van der Waals surface area contributed by atoms with Crippen LogP contribution in [0.3, 0.4) is 0 Å². The minimum absolute atomic E-state index is 0.124. The Morgan fingerprint density at radius 1 is 0.966 bits per heavy atom. The number of aromatic nitrogens is 1. The van der Waals surface area contributed by atoms with Crippen LogP contribution in [0.5, 0.6) is 0 Å². The molecule has 0 aliphatic rings. The predicted molar refractivity (Wildman–Crippen MR) is 109 cm³/mol. The molecule has 29 heavy (non-hydrogen) atoms. The van der Waals surface area contributed by atoms with Gasteiger partial charge in [-0.3, -0.25) is 4.79 Å². The van der Waals surface area contributed by atoms with E-state index in [9.17, 15) is 14.4 Å². The lowest BCUT2D eigenvalue weighted by Gasteiger charge is -2.11. The predicted octanol–water partition coefficient (Wildman–Crippen LogP) is 3.94. The first kappa shape index (κ1) is 20.2. The Hall–Kier alpha value is -3.52. The molecule has 0 radical (unpaired) electrons. The first-order valence-corrected chi connectivity index (χ1v) is 9.41. The lowest BCUT2D eigenvalue weighted by molar-refractivity contribution is 0.0587. The van der Waals surface area contributed by atoms with Gasteiger partial charge >= 0.3 is 11.9 Å².